The Kier molecular flexibility index (Phi) is 4.30. The average molecular weight is 249 g/mol. The van der Waals surface area contributed by atoms with Crippen molar-refractivity contribution in [2.75, 3.05) is 0 Å². The molecule has 0 spiro atoms. The summed E-state index contributed by atoms with van der Waals surface area (Å²) >= 11 is 0. The van der Waals surface area contributed by atoms with Gasteiger partial charge in [0.05, 0.1) is 11.6 Å². The topological polar surface area (TPSA) is 45.4 Å². The molecule has 1 radical (unpaired) electrons. The summed E-state index contributed by atoms with van der Waals surface area (Å²) in [7, 11) is 0. The Morgan fingerprint density at radius 3 is 2.63 bits per heavy atom. The largest absolute Gasteiger partial charge is 0.390 e. The van der Waals surface area contributed by atoms with Crippen molar-refractivity contribution in [1.29, 1.82) is 5.26 Å². The molecule has 19 heavy (non-hydrogen) atoms. The van der Waals surface area contributed by atoms with Crippen LogP contribution in [0.3, 0.4) is 0 Å². The highest BCUT2D eigenvalue weighted by Gasteiger charge is 1.98. The monoisotopic (exact) mass is 249 g/mol. The van der Waals surface area contributed by atoms with E-state index in [2.05, 4.69) is 17.4 Å². The summed E-state index contributed by atoms with van der Waals surface area (Å²) < 4.78 is 0. The van der Waals surface area contributed by atoms with E-state index < -0.39 is 0 Å². The van der Waals surface area contributed by atoms with E-state index in [1.54, 1.807) is 18.2 Å². The number of rotatable bonds is 4. The summed E-state index contributed by atoms with van der Waals surface area (Å²) in [5.41, 5.74) is 3.41. The summed E-state index contributed by atoms with van der Waals surface area (Å²) in [5, 5.41) is 12.7. The zero-order valence-electron chi connectivity index (χ0n) is 10.6. The van der Waals surface area contributed by atoms with E-state index in [4.69, 9.17) is 10.1 Å². The van der Waals surface area contributed by atoms with E-state index in [9.17, 15) is 0 Å². The summed E-state index contributed by atoms with van der Waals surface area (Å²) in [6, 6.07) is 17.2. The number of benzene rings is 2. The van der Waals surface area contributed by atoms with E-state index in [-0.39, 0.29) is 0 Å². The summed E-state index contributed by atoms with van der Waals surface area (Å²) in [6.45, 7) is 2.42. The van der Waals surface area contributed by atoms with Crippen LogP contribution in [0.5, 0.6) is 0 Å². The van der Waals surface area contributed by atoms with Gasteiger partial charge in [-0.25, -0.2) is 0 Å². The molecule has 0 amide bonds. The second kappa shape index (κ2) is 6.36. The van der Waals surface area contributed by atoms with Gasteiger partial charge in [0.1, 0.15) is 12.8 Å². The Balaban J connectivity index is 1.96. The van der Waals surface area contributed by atoms with Gasteiger partial charge in [0.15, 0.2) is 0 Å². The first-order valence-corrected chi connectivity index (χ1v) is 5.92. The first-order valence-electron chi connectivity index (χ1n) is 5.92. The van der Waals surface area contributed by atoms with Crippen LogP contribution in [0.4, 0.5) is 0 Å². The van der Waals surface area contributed by atoms with Gasteiger partial charge < -0.3 is 4.84 Å². The molecular weight excluding hydrogens is 236 g/mol. The zero-order valence-corrected chi connectivity index (χ0v) is 10.6. The van der Waals surface area contributed by atoms with Crippen LogP contribution in [-0.4, -0.2) is 6.21 Å². The van der Waals surface area contributed by atoms with Crippen molar-refractivity contribution in [1.82, 2.24) is 0 Å². The molecule has 0 saturated heterocycles. The molecule has 3 nitrogen and oxygen atoms in total. The van der Waals surface area contributed by atoms with Crippen LogP contribution < -0.4 is 0 Å². The van der Waals surface area contributed by atoms with Crippen molar-refractivity contribution in [2.45, 2.75) is 13.5 Å². The van der Waals surface area contributed by atoms with Gasteiger partial charge >= 0.3 is 0 Å². The van der Waals surface area contributed by atoms with E-state index in [0.29, 0.717) is 17.7 Å². The van der Waals surface area contributed by atoms with Crippen molar-refractivity contribution in [2.24, 2.45) is 5.16 Å². The van der Waals surface area contributed by atoms with Gasteiger partial charge in [-0.2, -0.15) is 5.26 Å². The maximum Gasteiger partial charge on any atom is 0.142 e. The first kappa shape index (κ1) is 12.8. The van der Waals surface area contributed by atoms with Gasteiger partial charge in [-0.1, -0.05) is 53.2 Å². The molecule has 0 heterocycles. The molecule has 0 aromatic heterocycles. The quantitative estimate of drug-likeness (QED) is 0.616. The molecule has 2 rings (SSSR count). The lowest BCUT2D eigenvalue weighted by Gasteiger charge is -2.00. The lowest BCUT2D eigenvalue weighted by molar-refractivity contribution is 0.132. The minimum absolute atomic E-state index is 0.392. The van der Waals surface area contributed by atoms with Crippen molar-refractivity contribution >= 4 is 6.21 Å². The third-order valence-corrected chi connectivity index (χ3v) is 2.59. The smallest absolute Gasteiger partial charge is 0.142 e. The molecule has 0 aliphatic heterocycles. The predicted octanol–water partition coefficient (Wildman–Crippen LogP) is 3.29. The second-order valence-corrected chi connectivity index (χ2v) is 4.12. The normalized spacial score (nSPS) is 10.3. The van der Waals surface area contributed by atoms with Crippen molar-refractivity contribution in [3.63, 3.8) is 0 Å². The Bertz CT molecular complexity index is 627. The SMILES string of the molecule is Cc1cccc(CO/N=[C]\c2ccccc2C#N)c1. The highest BCUT2D eigenvalue weighted by molar-refractivity contribution is 5.82. The highest BCUT2D eigenvalue weighted by Crippen LogP contribution is 2.07. The van der Waals surface area contributed by atoms with E-state index in [1.165, 1.54) is 5.56 Å². The molecule has 0 aliphatic carbocycles. The molecule has 0 saturated carbocycles. The Labute approximate surface area is 112 Å². The van der Waals surface area contributed by atoms with E-state index in [0.717, 1.165) is 5.56 Å². The molecule has 0 atom stereocenters. The van der Waals surface area contributed by atoms with Gasteiger partial charge in [-0.15, -0.1) is 0 Å². The molecule has 0 unspecified atom stereocenters. The van der Waals surface area contributed by atoms with Gasteiger partial charge in [-0.05, 0) is 18.6 Å². The summed E-state index contributed by atoms with van der Waals surface area (Å²) in [6.07, 6.45) is 2.73. The van der Waals surface area contributed by atoms with Crippen molar-refractivity contribution in [3.8, 4) is 6.07 Å². The standard InChI is InChI=1S/C16H13N2O/c1-13-5-4-6-14(9-13)12-19-18-11-16-8-3-2-7-15(16)10-17/h2-9H,12H2,1H3. The van der Waals surface area contributed by atoms with E-state index >= 15 is 0 Å². The van der Waals surface area contributed by atoms with Gasteiger partial charge in [0.2, 0.25) is 0 Å². The summed E-state index contributed by atoms with van der Waals surface area (Å²) in [5.74, 6) is 0. The fourth-order valence-corrected chi connectivity index (χ4v) is 1.67. The molecule has 2 aromatic carbocycles. The van der Waals surface area contributed by atoms with Crippen molar-refractivity contribution < 1.29 is 4.84 Å². The third-order valence-electron chi connectivity index (χ3n) is 2.59. The number of nitriles is 1. The molecule has 0 fully saturated rings. The fourth-order valence-electron chi connectivity index (χ4n) is 1.67. The minimum atomic E-state index is 0.392. The van der Waals surface area contributed by atoms with Crippen LogP contribution in [0, 0.1) is 18.3 Å². The molecular formula is C16H13N2O. The Morgan fingerprint density at radius 2 is 1.89 bits per heavy atom. The number of hydrogen-bond acceptors (Lipinski definition) is 3. The fraction of sp³-hybridized carbons (Fsp3) is 0.125. The number of nitrogens with zero attached hydrogens (tertiary/aromatic N) is 2. The van der Waals surface area contributed by atoms with Gasteiger partial charge in [0.25, 0.3) is 0 Å². The highest BCUT2D eigenvalue weighted by atomic mass is 16.6. The second-order valence-electron chi connectivity index (χ2n) is 4.12. The Morgan fingerprint density at radius 1 is 1.11 bits per heavy atom. The molecule has 3 heteroatoms. The minimum Gasteiger partial charge on any atom is -0.390 e. The van der Waals surface area contributed by atoms with Crippen LogP contribution in [0.15, 0.2) is 53.7 Å². The first-order chi connectivity index (χ1) is 9.29. The molecule has 0 bridgehead atoms. The van der Waals surface area contributed by atoms with Crippen LogP contribution in [0.2, 0.25) is 0 Å². The van der Waals surface area contributed by atoms with Gasteiger partial charge in [0, 0.05) is 5.56 Å². The molecule has 93 valence electrons. The zero-order chi connectivity index (χ0) is 13.5. The molecule has 2 aromatic rings. The van der Waals surface area contributed by atoms with Crippen LogP contribution in [0.25, 0.3) is 0 Å². The third kappa shape index (κ3) is 3.68. The van der Waals surface area contributed by atoms with Crippen LogP contribution in [-0.2, 0) is 11.4 Å². The number of aryl methyl sites for hydroxylation is 1. The Hall–Kier alpha value is -2.60. The van der Waals surface area contributed by atoms with Crippen LogP contribution in [0.1, 0.15) is 22.3 Å². The number of hydrogen-bond donors (Lipinski definition) is 0. The average Bonchev–Trinajstić information content (AvgIpc) is 2.44. The van der Waals surface area contributed by atoms with Gasteiger partial charge in [-0.3, -0.25) is 0 Å². The van der Waals surface area contributed by atoms with E-state index in [1.807, 2.05) is 37.3 Å². The molecule has 0 aliphatic rings. The maximum atomic E-state index is 8.91. The van der Waals surface area contributed by atoms with Crippen molar-refractivity contribution in [3.05, 3.63) is 70.8 Å². The lowest BCUT2D eigenvalue weighted by atomic mass is 10.1. The maximum absolute atomic E-state index is 8.91. The predicted molar refractivity (Wildman–Crippen MR) is 73.7 cm³/mol. The molecule has 0 N–H and O–H groups in total. The summed E-state index contributed by atoms with van der Waals surface area (Å²) in [4.78, 5) is 5.18. The lowest BCUT2D eigenvalue weighted by Crippen LogP contribution is -1.91. The van der Waals surface area contributed by atoms with Crippen LogP contribution >= 0.6 is 0 Å².